The molecule has 0 saturated carbocycles. The van der Waals surface area contributed by atoms with Crippen molar-refractivity contribution in [2.24, 2.45) is 0 Å². The van der Waals surface area contributed by atoms with E-state index < -0.39 is 0 Å². The fraction of sp³-hybridized carbons (Fsp3) is 0.158. The SMILES string of the molecule is CC.CC/C=C\c1ccc(-c2ccc(-c3c4c(c(-c5ccc6c(c5)C(C)(C)c5ccccc5-6)c5ccccc35)C=C(c3ccc5ccccc5c3)CC4)cc2)cc1. The van der Waals surface area contributed by atoms with Gasteiger partial charge in [-0.05, 0) is 136 Å². The predicted molar refractivity (Wildman–Crippen MR) is 249 cm³/mol. The van der Waals surface area contributed by atoms with Gasteiger partial charge in [0.05, 0.1) is 0 Å². The highest BCUT2D eigenvalue weighted by atomic mass is 14.4. The van der Waals surface area contributed by atoms with E-state index >= 15 is 0 Å². The Morgan fingerprint density at radius 2 is 1.11 bits per heavy atom. The van der Waals surface area contributed by atoms with Crippen LogP contribution in [0.5, 0.6) is 0 Å². The quantitative estimate of drug-likeness (QED) is 0.160. The Balaban J connectivity index is 0.00000208. The maximum Gasteiger partial charge on any atom is 0.0159 e. The predicted octanol–water partition coefficient (Wildman–Crippen LogP) is 16.2. The molecule has 0 spiro atoms. The zero-order valence-electron chi connectivity index (χ0n) is 33.9. The summed E-state index contributed by atoms with van der Waals surface area (Å²) < 4.78 is 0. The van der Waals surface area contributed by atoms with Gasteiger partial charge in [-0.25, -0.2) is 0 Å². The maximum absolute atomic E-state index is 2.53. The third-order valence-electron chi connectivity index (χ3n) is 12.3. The van der Waals surface area contributed by atoms with Gasteiger partial charge in [0, 0.05) is 5.41 Å². The number of benzene rings is 8. The minimum atomic E-state index is -0.0713. The monoisotopic (exact) mass is 734 g/mol. The van der Waals surface area contributed by atoms with Crippen LogP contribution in [0.15, 0.2) is 164 Å². The molecule has 0 aliphatic heterocycles. The first-order chi connectivity index (χ1) is 28.0. The Morgan fingerprint density at radius 1 is 0.509 bits per heavy atom. The van der Waals surface area contributed by atoms with E-state index in [2.05, 4.69) is 197 Å². The summed E-state index contributed by atoms with van der Waals surface area (Å²) in [4.78, 5) is 0. The highest BCUT2D eigenvalue weighted by Gasteiger charge is 2.35. The van der Waals surface area contributed by atoms with Crippen LogP contribution in [0, 0.1) is 0 Å². The third-order valence-corrected chi connectivity index (χ3v) is 12.3. The number of hydrogen-bond acceptors (Lipinski definition) is 0. The molecule has 0 saturated heterocycles. The minimum absolute atomic E-state index is 0.0713. The first-order valence-corrected chi connectivity index (χ1v) is 20.9. The van der Waals surface area contributed by atoms with E-state index in [1.165, 1.54) is 105 Å². The largest absolute Gasteiger partial charge is 0.0842 e. The molecule has 0 nitrogen and oxygen atoms in total. The van der Waals surface area contributed by atoms with Gasteiger partial charge in [0.15, 0.2) is 0 Å². The highest BCUT2D eigenvalue weighted by Crippen LogP contribution is 2.52. The van der Waals surface area contributed by atoms with Crippen molar-refractivity contribution in [2.75, 3.05) is 0 Å². The van der Waals surface area contributed by atoms with Crippen molar-refractivity contribution in [3.63, 3.8) is 0 Å². The second-order valence-corrected chi connectivity index (χ2v) is 15.9. The van der Waals surface area contributed by atoms with Crippen LogP contribution in [0.3, 0.4) is 0 Å². The van der Waals surface area contributed by atoms with Crippen LogP contribution in [0.4, 0.5) is 0 Å². The fourth-order valence-corrected chi connectivity index (χ4v) is 9.42. The molecular formula is C57H50. The molecule has 0 bridgehead atoms. The Bertz CT molecular complexity index is 2840. The molecule has 0 radical (unpaired) electrons. The summed E-state index contributed by atoms with van der Waals surface area (Å²) in [6.45, 7) is 10.9. The summed E-state index contributed by atoms with van der Waals surface area (Å²) in [7, 11) is 0. The Hall–Kier alpha value is -6.24. The first-order valence-electron chi connectivity index (χ1n) is 20.9. The van der Waals surface area contributed by atoms with Crippen LogP contribution in [-0.2, 0) is 11.8 Å². The second kappa shape index (κ2) is 15.0. The van der Waals surface area contributed by atoms with Crippen LogP contribution in [0.25, 0.3) is 83.8 Å². The van der Waals surface area contributed by atoms with Crippen molar-refractivity contribution in [2.45, 2.75) is 59.3 Å². The minimum Gasteiger partial charge on any atom is -0.0842 e. The highest BCUT2D eigenvalue weighted by molar-refractivity contribution is 6.12. The number of rotatable bonds is 6. The summed E-state index contributed by atoms with van der Waals surface area (Å²) in [6, 6.07) is 59.3. The van der Waals surface area contributed by atoms with E-state index in [0.29, 0.717) is 0 Å². The van der Waals surface area contributed by atoms with E-state index in [1.807, 2.05) is 13.8 Å². The van der Waals surface area contributed by atoms with Gasteiger partial charge >= 0.3 is 0 Å². The fourth-order valence-electron chi connectivity index (χ4n) is 9.42. The average molecular weight is 735 g/mol. The molecule has 0 fully saturated rings. The molecule has 0 heteroatoms. The summed E-state index contributed by atoms with van der Waals surface area (Å²) in [5.74, 6) is 0. The molecule has 8 aromatic carbocycles. The van der Waals surface area contributed by atoms with Crippen molar-refractivity contribution >= 4 is 39.3 Å². The number of allylic oxidation sites excluding steroid dienone is 2. The van der Waals surface area contributed by atoms with Crippen molar-refractivity contribution in [1.29, 1.82) is 0 Å². The van der Waals surface area contributed by atoms with Gasteiger partial charge in [-0.3, -0.25) is 0 Å². The molecule has 0 aromatic heterocycles. The molecule has 8 aromatic rings. The van der Waals surface area contributed by atoms with Crippen molar-refractivity contribution < 1.29 is 0 Å². The van der Waals surface area contributed by atoms with Crippen LogP contribution < -0.4 is 0 Å². The lowest BCUT2D eigenvalue weighted by atomic mass is 9.76. The molecule has 0 N–H and O–H groups in total. The Labute approximate surface area is 338 Å². The summed E-state index contributed by atoms with van der Waals surface area (Å²) in [5, 5.41) is 5.20. The summed E-state index contributed by atoms with van der Waals surface area (Å²) >= 11 is 0. The maximum atomic E-state index is 2.53. The smallest absolute Gasteiger partial charge is 0.0159 e. The van der Waals surface area contributed by atoms with Crippen molar-refractivity contribution in [3.05, 3.63) is 197 Å². The van der Waals surface area contributed by atoms with E-state index in [9.17, 15) is 0 Å². The van der Waals surface area contributed by atoms with Crippen LogP contribution >= 0.6 is 0 Å². The molecule has 57 heavy (non-hydrogen) atoms. The van der Waals surface area contributed by atoms with Gasteiger partial charge in [0.1, 0.15) is 0 Å². The van der Waals surface area contributed by atoms with Gasteiger partial charge in [0.25, 0.3) is 0 Å². The second-order valence-electron chi connectivity index (χ2n) is 15.9. The standard InChI is InChI=1S/C55H44.C2H6/c1-4-5-12-36-19-21-38(22-20-36)39-23-26-40(27-24-39)53-47-16-8-9-17-48(47)54(44-30-31-46-45-15-10-11-18-51(45)55(2,3)52(46)35-44)50-34-43(29-32-49(50)53)42-28-25-37-13-6-7-14-41(37)33-42;1-2/h5-28,30-31,33-35H,4,29,32H2,1-3H3;1-2H3/b12-5-;. The molecule has 278 valence electrons. The Morgan fingerprint density at radius 3 is 1.86 bits per heavy atom. The third kappa shape index (κ3) is 6.34. The first kappa shape index (κ1) is 36.4. The molecule has 2 aliphatic rings. The number of hydrogen-bond donors (Lipinski definition) is 0. The van der Waals surface area contributed by atoms with Crippen molar-refractivity contribution in [3.8, 4) is 44.5 Å². The van der Waals surface area contributed by atoms with Gasteiger partial charge < -0.3 is 0 Å². The van der Waals surface area contributed by atoms with Crippen molar-refractivity contribution in [1.82, 2.24) is 0 Å². The lowest BCUT2D eigenvalue weighted by Gasteiger charge is -2.27. The Kier molecular flexibility index (Phi) is 9.59. The van der Waals surface area contributed by atoms with Crippen LogP contribution in [0.2, 0.25) is 0 Å². The van der Waals surface area contributed by atoms with E-state index in [0.717, 1.165) is 19.3 Å². The lowest BCUT2D eigenvalue weighted by molar-refractivity contribution is 0.660. The van der Waals surface area contributed by atoms with Gasteiger partial charge in [-0.1, -0.05) is 198 Å². The zero-order valence-corrected chi connectivity index (χ0v) is 33.9. The van der Waals surface area contributed by atoms with E-state index in [-0.39, 0.29) is 5.41 Å². The normalized spacial score (nSPS) is 13.8. The zero-order chi connectivity index (χ0) is 39.1. The van der Waals surface area contributed by atoms with E-state index in [1.54, 1.807) is 0 Å². The molecule has 0 unspecified atom stereocenters. The molecule has 0 amide bonds. The van der Waals surface area contributed by atoms with Crippen LogP contribution in [-0.4, -0.2) is 0 Å². The average Bonchev–Trinajstić information content (AvgIpc) is 3.50. The van der Waals surface area contributed by atoms with Gasteiger partial charge in [-0.15, -0.1) is 0 Å². The molecule has 10 rings (SSSR count). The summed E-state index contributed by atoms with van der Waals surface area (Å²) in [5.41, 5.74) is 20.0. The molecule has 0 heterocycles. The van der Waals surface area contributed by atoms with Crippen LogP contribution in [0.1, 0.15) is 80.8 Å². The van der Waals surface area contributed by atoms with Gasteiger partial charge in [0.2, 0.25) is 0 Å². The topological polar surface area (TPSA) is 0 Å². The summed E-state index contributed by atoms with van der Waals surface area (Å²) in [6.07, 6.45) is 9.97. The number of fused-ring (bicyclic) bond motifs is 6. The van der Waals surface area contributed by atoms with E-state index in [4.69, 9.17) is 0 Å². The molecule has 2 aliphatic carbocycles. The van der Waals surface area contributed by atoms with Gasteiger partial charge in [-0.2, -0.15) is 0 Å². The molecular weight excluding hydrogens is 685 g/mol. The molecule has 0 atom stereocenters. The lowest BCUT2D eigenvalue weighted by Crippen LogP contribution is -2.15.